The first-order valence-electron chi connectivity index (χ1n) is 13.5. The maximum Gasteiger partial charge on any atom is 0.290 e. The van der Waals surface area contributed by atoms with Gasteiger partial charge < -0.3 is 15.2 Å². The van der Waals surface area contributed by atoms with E-state index < -0.39 is 35.1 Å². The van der Waals surface area contributed by atoms with E-state index in [-0.39, 0.29) is 36.2 Å². The van der Waals surface area contributed by atoms with Crippen LogP contribution >= 0.6 is 0 Å². The summed E-state index contributed by atoms with van der Waals surface area (Å²) < 4.78 is 1.83. The average Bonchev–Trinajstić information content (AvgIpc) is 3.38. The zero-order valence-corrected chi connectivity index (χ0v) is 23.4. The fraction of sp³-hybridized carbons (Fsp3) is 0.567. The Hall–Kier alpha value is -3.29. The molecule has 38 heavy (non-hydrogen) atoms. The van der Waals surface area contributed by atoms with E-state index in [9.17, 15) is 24.0 Å². The molecule has 1 aliphatic carbocycles. The zero-order chi connectivity index (χ0) is 28.2. The van der Waals surface area contributed by atoms with Crippen molar-refractivity contribution >= 4 is 40.1 Å². The second-order valence-corrected chi connectivity index (χ2v) is 12.0. The van der Waals surface area contributed by atoms with E-state index in [1.165, 1.54) is 0 Å². The van der Waals surface area contributed by atoms with Gasteiger partial charge in [0.15, 0.2) is 5.78 Å². The number of rotatable bonds is 11. The normalized spacial score (nSPS) is 17.4. The van der Waals surface area contributed by atoms with E-state index in [1.54, 1.807) is 20.8 Å². The Morgan fingerprint density at radius 3 is 2.37 bits per heavy atom. The topological polar surface area (TPSA) is 114 Å². The number of nitrogens with zero attached hydrogens (tertiary/aromatic N) is 1. The highest BCUT2D eigenvalue weighted by molar-refractivity contribution is 6.38. The minimum Gasteiger partial charge on any atom is -0.345 e. The number of fused-ring (bicyclic) bond motifs is 1. The lowest BCUT2D eigenvalue weighted by Gasteiger charge is -2.26. The number of carbonyl (C=O) groups excluding carboxylic acids is 5. The molecule has 1 fully saturated rings. The van der Waals surface area contributed by atoms with E-state index >= 15 is 0 Å². The van der Waals surface area contributed by atoms with Gasteiger partial charge in [-0.1, -0.05) is 32.0 Å². The molecule has 1 aromatic carbocycles. The van der Waals surface area contributed by atoms with Crippen LogP contribution in [0.3, 0.4) is 0 Å². The highest BCUT2D eigenvalue weighted by Gasteiger charge is 2.36. The van der Waals surface area contributed by atoms with E-state index in [2.05, 4.69) is 10.6 Å². The summed E-state index contributed by atoms with van der Waals surface area (Å²) >= 11 is 0. The first-order valence-corrected chi connectivity index (χ1v) is 13.5. The molecule has 0 unspecified atom stereocenters. The summed E-state index contributed by atoms with van der Waals surface area (Å²) in [5.41, 5.74) is 0.814. The summed E-state index contributed by atoms with van der Waals surface area (Å²) in [7, 11) is 1.83. The minimum atomic E-state index is -1.13. The molecule has 206 valence electrons. The van der Waals surface area contributed by atoms with Crippen LogP contribution in [0.4, 0.5) is 0 Å². The van der Waals surface area contributed by atoms with Gasteiger partial charge >= 0.3 is 0 Å². The molecule has 0 saturated heterocycles. The molecule has 8 heteroatoms. The second-order valence-electron chi connectivity index (χ2n) is 12.0. The number of para-hydroxylation sites is 1. The molecule has 2 N–H and O–H groups in total. The lowest BCUT2D eigenvalue weighted by atomic mass is 9.89. The van der Waals surface area contributed by atoms with Crippen molar-refractivity contribution in [2.45, 2.75) is 84.7 Å². The van der Waals surface area contributed by atoms with Crippen LogP contribution in [0.15, 0.2) is 30.3 Å². The van der Waals surface area contributed by atoms with Crippen LogP contribution in [0, 0.1) is 17.8 Å². The largest absolute Gasteiger partial charge is 0.345 e. The van der Waals surface area contributed by atoms with Crippen LogP contribution in [0.5, 0.6) is 0 Å². The molecule has 2 amide bonds. The summed E-state index contributed by atoms with van der Waals surface area (Å²) in [5, 5.41) is 6.38. The molecule has 2 aromatic rings. The number of nitrogens with one attached hydrogen (secondary N) is 2. The van der Waals surface area contributed by atoms with Gasteiger partial charge in [-0.25, -0.2) is 0 Å². The van der Waals surface area contributed by atoms with Crippen molar-refractivity contribution in [1.82, 2.24) is 15.2 Å². The third-order valence-electron chi connectivity index (χ3n) is 7.09. The number of benzene rings is 1. The molecule has 1 aromatic heterocycles. The highest BCUT2D eigenvalue weighted by atomic mass is 16.2. The average molecular weight is 524 g/mol. The lowest BCUT2D eigenvalue weighted by Crippen LogP contribution is -2.53. The van der Waals surface area contributed by atoms with E-state index in [1.807, 2.05) is 55.8 Å². The Kier molecular flexibility index (Phi) is 9.28. The first kappa shape index (κ1) is 29.3. The van der Waals surface area contributed by atoms with E-state index in [0.717, 1.165) is 17.3 Å². The predicted molar refractivity (Wildman–Crippen MR) is 147 cm³/mol. The smallest absolute Gasteiger partial charge is 0.290 e. The maximum atomic E-state index is 13.5. The van der Waals surface area contributed by atoms with Gasteiger partial charge in [-0.3, -0.25) is 24.0 Å². The molecule has 0 bridgehead atoms. The van der Waals surface area contributed by atoms with E-state index in [4.69, 9.17) is 0 Å². The van der Waals surface area contributed by atoms with Gasteiger partial charge in [0.25, 0.3) is 5.91 Å². The summed E-state index contributed by atoms with van der Waals surface area (Å²) in [6, 6.07) is 8.40. The van der Waals surface area contributed by atoms with Crippen molar-refractivity contribution in [3.63, 3.8) is 0 Å². The number of hydrogen-bond acceptors (Lipinski definition) is 5. The summed E-state index contributed by atoms with van der Waals surface area (Å²) in [5.74, 6) is -3.04. The molecule has 1 aliphatic rings. The number of carbonyl (C=O) groups is 5. The molecule has 8 nitrogen and oxygen atoms in total. The Labute approximate surface area is 224 Å². The van der Waals surface area contributed by atoms with E-state index in [0.29, 0.717) is 25.0 Å². The number of ketones is 3. The van der Waals surface area contributed by atoms with Crippen molar-refractivity contribution in [3.05, 3.63) is 36.0 Å². The molecule has 3 atom stereocenters. The Bertz CT molecular complexity index is 1220. The van der Waals surface area contributed by atoms with Gasteiger partial charge in [0.2, 0.25) is 11.7 Å². The van der Waals surface area contributed by atoms with Gasteiger partial charge in [-0.05, 0) is 64.5 Å². The molecular formula is C30H41N3O5. The maximum absolute atomic E-state index is 13.5. The fourth-order valence-electron chi connectivity index (χ4n) is 5.24. The third kappa shape index (κ3) is 7.39. The number of aryl methyl sites for hydroxylation is 1. The Balaban J connectivity index is 1.82. The third-order valence-corrected chi connectivity index (χ3v) is 7.09. The molecule has 0 radical (unpaired) electrons. The Morgan fingerprint density at radius 2 is 1.79 bits per heavy atom. The van der Waals surface area contributed by atoms with Gasteiger partial charge in [-0.15, -0.1) is 0 Å². The monoisotopic (exact) mass is 523 g/mol. The first-order chi connectivity index (χ1) is 17.8. The molecule has 3 rings (SSSR count). The van der Waals surface area contributed by atoms with Gasteiger partial charge in [0.05, 0.1) is 11.7 Å². The number of Topliss-reactive ketones (excluding diaryl/α,β-unsaturated/α-hetero) is 3. The van der Waals surface area contributed by atoms with Crippen molar-refractivity contribution in [2.24, 2.45) is 24.8 Å². The summed E-state index contributed by atoms with van der Waals surface area (Å²) in [6.45, 7) is 9.24. The van der Waals surface area contributed by atoms with Gasteiger partial charge in [0.1, 0.15) is 5.78 Å². The van der Waals surface area contributed by atoms with Gasteiger partial charge in [0, 0.05) is 48.2 Å². The van der Waals surface area contributed by atoms with Crippen molar-refractivity contribution in [3.8, 4) is 0 Å². The summed E-state index contributed by atoms with van der Waals surface area (Å²) in [4.78, 5) is 65.1. The number of aromatic nitrogens is 1. The van der Waals surface area contributed by atoms with Crippen molar-refractivity contribution in [2.75, 3.05) is 0 Å². The van der Waals surface area contributed by atoms with Gasteiger partial charge in [-0.2, -0.15) is 0 Å². The second kappa shape index (κ2) is 12.0. The van der Waals surface area contributed by atoms with Crippen LogP contribution in [0.25, 0.3) is 10.9 Å². The minimum absolute atomic E-state index is 0.0222. The standard InChI is InChI=1S/C30H41N3O5/c1-18(2)14-21(17-26(35)24-16-19-10-7-8-12-23(19)33(24)6)28(37)31-22(15-20-11-9-13-25(20)34)27(36)29(38)32-30(3,4)5/h7-8,10,12,16,18,20-22H,9,11,13-15,17H2,1-6H3,(H,31,37)(H,32,38)/t20-,21+,22-/m0/s1. The van der Waals surface area contributed by atoms with Crippen molar-refractivity contribution in [1.29, 1.82) is 0 Å². The van der Waals surface area contributed by atoms with Crippen LogP contribution in [0.2, 0.25) is 0 Å². The predicted octanol–water partition coefficient (Wildman–Crippen LogP) is 4.14. The lowest BCUT2D eigenvalue weighted by molar-refractivity contribution is -0.141. The summed E-state index contributed by atoms with van der Waals surface area (Å²) in [6.07, 6.45) is 2.33. The van der Waals surface area contributed by atoms with Crippen LogP contribution in [-0.4, -0.2) is 45.3 Å². The highest BCUT2D eigenvalue weighted by Crippen LogP contribution is 2.27. The molecule has 0 spiro atoms. The van der Waals surface area contributed by atoms with Crippen LogP contribution < -0.4 is 10.6 Å². The molecule has 1 saturated carbocycles. The molecular weight excluding hydrogens is 482 g/mol. The van der Waals surface area contributed by atoms with Crippen molar-refractivity contribution < 1.29 is 24.0 Å². The quantitative estimate of drug-likeness (QED) is 0.339. The number of hydrogen-bond donors (Lipinski definition) is 2. The fourth-order valence-corrected chi connectivity index (χ4v) is 5.24. The Morgan fingerprint density at radius 1 is 1.11 bits per heavy atom. The molecule has 1 heterocycles. The zero-order valence-electron chi connectivity index (χ0n) is 23.4. The van der Waals surface area contributed by atoms with Crippen LogP contribution in [0.1, 0.15) is 83.6 Å². The SMILES string of the molecule is CC(C)C[C@H](CC(=O)c1cc2ccccc2n1C)C(=O)N[C@@H](C[C@@H]1CCCC1=O)C(=O)C(=O)NC(C)(C)C. The number of amides is 2. The van der Waals surface area contributed by atoms with Crippen LogP contribution in [-0.2, 0) is 26.2 Å². The molecule has 0 aliphatic heterocycles.